The van der Waals surface area contributed by atoms with E-state index >= 15 is 0 Å². The molecule has 7 heteroatoms. The highest BCUT2D eigenvalue weighted by atomic mass is 16.5. The number of ether oxygens (including phenoxy) is 1. The molecular formula is C27H36N2O5. The van der Waals surface area contributed by atoms with Crippen molar-refractivity contribution >= 4 is 11.7 Å². The number of benzene rings is 2. The van der Waals surface area contributed by atoms with Crippen molar-refractivity contribution in [2.45, 2.75) is 64.5 Å². The van der Waals surface area contributed by atoms with E-state index in [9.17, 15) is 19.8 Å². The minimum atomic E-state index is -0.161. The Hall–Kier alpha value is -3.06. The summed E-state index contributed by atoms with van der Waals surface area (Å²) in [6.07, 6.45) is 4.01. The van der Waals surface area contributed by atoms with Gasteiger partial charge in [0.25, 0.3) is 0 Å². The van der Waals surface area contributed by atoms with Crippen LogP contribution in [0, 0.1) is 0 Å². The Balaban J connectivity index is 1.49. The van der Waals surface area contributed by atoms with E-state index in [1.807, 2.05) is 13.8 Å². The second kappa shape index (κ2) is 12.4. The molecule has 0 unspecified atom stereocenters. The van der Waals surface area contributed by atoms with Crippen molar-refractivity contribution in [1.82, 2.24) is 10.2 Å². The van der Waals surface area contributed by atoms with Crippen molar-refractivity contribution in [1.29, 1.82) is 0 Å². The highest BCUT2D eigenvalue weighted by Gasteiger charge is 2.20. The van der Waals surface area contributed by atoms with E-state index in [2.05, 4.69) is 10.2 Å². The van der Waals surface area contributed by atoms with Gasteiger partial charge in [0.2, 0.25) is 5.91 Å². The Morgan fingerprint density at radius 1 is 1.00 bits per heavy atom. The number of rotatable bonds is 12. The molecule has 34 heavy (non-hydrogen) atoms. The zero-order chi connectivity index (χ0) is 24.5. The lowest BCUT2D eigenvalue weighted by Crippen LogP contribution is -2.44. The van der Waals surface area contributed by atoms with Crippen LogP contribution >= 0.6 is 0 Å². The van der Waals surface area contributed by atoms with Crippen LogP contribution in [-0.2, 0) is 11.2 Å². The van der Waals surface area contributed by atoms with Gasteiger partial charge in [0.15, 0.2) is 17.3 Å². The van der Waals surface area contributed by atoms with Crippen molar-refractivity contribution < 1.29 is 24.5 Å². The van der Waals surface area contributed by atoms with Crippen molar-refractivity contribution in [2.24, 2.45) is 0 Å². The van der Waals surface area contributed by atoms with E-state index in [-0.39, 0.29) is 41.8 Å². The molecule has 184 valence electrons. The molecule has 2 aromatic carbocycles. The highest BCUT2D eigenvalue weighted by Crippen LogP contribution is 2.25. The van der Waals surface area contributed by atoms with Gasteiger partial charge in [-0.2, -0.15) is 0 Å². The van der Waals surface area contributed by atoms with Gasteiger partial charge in [-0.1, -0.05) is 6.07 Å². The van der Waals surface area contributed by atoms with Crippen LogP contribution in [0.2, 0.25) is 0 Å². The van der Waals surface area contributed by atoms with Gasteiger partial charge < -0.3 is 25.2 Å². The number of aromatic hydroxyl groups is 2. The minimum absolute atomic E-state index is 0.0112. The summed E-state index contributed by atoms with van der Waals surface area (Å²) in [5, 5.41) is 22.5. The maximum atomic E-state index is 12.7. The fourth-order valence-electron chi connectivity index (χ4n) is 4.26. The summed E-state index contributed by atoms with van der Waals surface area (Å²) in [6, 6.07) is 11.8. The van der Waals surface area contributed by atoms with Gasteiger partial charge in [-0.3, -0.25) is 9.59 Å². The molecule has 3 rings (SSSR count). The van der Waals surface area contributed by atoms with E-state index in [4.69, 9.17) is 4.74 Å². The Bertz CT molecular complexity index is 952. The number of hydrogen-bond donors (Lipinski definition) is 3. The standard InChI is InChI=1S/C27H36N2O5/c1-19(2)34-23-11-9-21(10-12-23)24(30)6-5-7-27(33)28-22(18-29-14-3-4-15-29)16-20-8-13-25(31)26(32)17-20/h8-13,17,19,22,31-32H,3-7,14-16,18H2,1-2H3,(H,28,33)/t22-/m0/s1. The average molecular weight is 469 g/mol. The number of nitrogens with zero attached hydrogens (tertiary/aromatic N) is 1. The Labute approximate surface area is 201 Å². The molecule has 0 aromatic heterocycles. The summed E-state index contributed by atoms with van der Waals surface area (Å²) in [6.45, 7) is 6.67. The number of phenols is 2. The first-order valence-corrected chi connectivity index (χ1v) is 12.1. The maximum absolute atomic E-state index is 12.7. The lowest BCUT2D eigenvalue weighted by atomic mass is 10.0. The van der Waals surface area contributed by atoms with Crippen LogP contribution in [0.25, 0.3) is 0 Å². The number of carbonyl (C=O) groups is 2. The van der Waals surface area contributed by atoms with Crippen LogP contribution < -0.4 is 10.1 Å². The number of hydrogen-bond acceptors (Lipinski definition) is 6. The normalized spacial score (nSPS) is 14.8. The molecule has 1 amide bonds. The predicted octanol–water partition coefficient (Wildman–Crippen LogP) is 4.06. The molecule has 0 spiro atoms. The van der Waals surface area contributed by atoms with E-state index < -0.39 is 0 Å². The maximum Gasteiger partial charge on any atom is 0.220 e. The number of nitrogens with one attached hydrogen (secondary N) is 1. The van der Waals surface area contributed by atoms with Gasteiger partial charge in [0.1, 0.15) is 5.75 Å². The molecule has 1 aliphatic heterocycles. The van der Waals surface area contributed by atoms with Gasteiger partial charge in [-0.05, 0) is 94.6 Å². The zero-order valence-electron chi connectivity index (χ0n) is 20.1. The minimum Gasteiger partial charge on any atom is -0.504 e. The van der Waals surface area contributed by atoms with Crippen molar-refractivity contribution in [2.75, 3.05) is 19.6 Å². The van der Waals surface area contributed by atoms with E-state index in [1.165, 1.54) is 12.1 Å². The average Bonchev–Trinajstić information content (AvgIpc) is 3.29. The Morgan fingerprint density at radius 3 is 2.35 bits per heavy atom. The number of ketones is 1. The first-order chi connectivity index (χ1) is 16.3. The van der Waals surface area contributed by atoms with Crippen molar-refractivity contribution in [3.63, 3.8) is 0 Å². The smallest absolute Gasteiger partial charge is 0.220 e. The third-order valence-electron chi connectivity index (χ3n) is 5.92. The summed E-state index contributed by atoms with van der Waals surface area (Å²) in [5.41, 5.74) is 1.47. The molecule has 3 N–H and O–H groups in total. The largest absolute Gasteiger partial charge is 0.504 e. The first kappa shape index (κ1) is 25.6. The monoisotopic (exact) mass is 468 g/mol. The van der Waals surface area contributed by atoms with Crippen LogP contribution in [0.1, 0.15) is 61.9 Å². The molecule has 0 aliphatic carbocycles. The van der Waals surface area contributed by atoms with Gasteiger partial charge in [-0.25, -0.2) is 0 Å². The molecule has 2 aromatic rings. The van der Waals surface area contributed by atoms with E-state index in [1.54, 1.807) is 30.3 Å². The van der Waals surface area contributed by atoms with Crippen LogP contribution in [0.15, 0.2) is 42.5 Å². The summed E-state index contributed by atoms with van der Waals surface area (Å²) in [5.74, 6) is 0.344. The quantitative estimate of drug-likeness (QED) is 0.321. The van der Waals surface area contributed by atoms with Crippen LogP contribution in [-0.4, -0.2) is 58.6 Å². The number of carbonyl (C=O) groups excluding carboxylic acids is 2. The van der Waals surface area contributed by atoms with Crippen molar-refractivity contribution in [3.8, 4) is 17.2 Å². The summed E-state index contributed by atoms with van der Waals surface area (Å²) in [7, 11) is 0. The number of likely N-dealkylation sites (tertiary alicyclic amines) is 1. The molecule has 1 atom stereocenters. The summed E-state index contributed by atoms with van der Waals surface area (Å²) >= 11 is 0. The van der Waals surface area contributed by atoms with Gasteiger partial charge in [-0.15, -0.1) is 0 Å². The number of phenolic OH excluding ortho intramolecular Hbond substituents is 2. The van der Waals surface area contributed by atoms with Crippen molar-refractivity contribution in [3.05, 3.63) is 53.6 Å². The summed E-state index contributed by atoms with van der Waals surface area (Å²) < 4.78 is 5.61. The first-order valence-electron chi connectivity index (χ1n) is 12.1. The highest BCUT2D eigenvalue weighted by molar-refractivity contribution is 5.96. The molecule has 0 radical (unpaired) electrons. The zero-order valence-corrected chi connectivity index (χ0v) is 20.1. The van der Waals surface area contributed by atoms with Gasteiger partial charge in [0.05, 0.1) is 6.10 Å². The summed E-state index contributed by atoms with van der Waals surface area (Å²) in [4.78, 5) is 27.5. The molecule has 0 saturated carbocycles. The second-order valence-electron chi connectivity index (χ2n) is 9.27. The third-order valence-corrected chi connectivity index (χ3v) is 5.92. The Morgan fingerprint density at radius 2 is 1.71 bits per heavy atom. The number of amides is 1. The Kier molecular flexibility index (Phi) is 9.33. The second-order valence-corrected chi connectivity index (χ2v) is 9.27. The fraction of sp³-hybridized carbons (Fsp3) is 0.481. The molecule has 1 saturated heterocycles. The van der Waals surface area contributed by atoms with Gasteiger partial charge >= 0.3 is 0 Å². The van der Waals surface area contributed by atoms with Crippen LogP contribution in [0.4, 0.5) is 0 Å². The SMILES string of the molecule is CC(C)Oc1ccc(C(=O)CCCC(=O)N[C@@H](Cc2ccc(O)c(O)c2)CN2CCCC2)cc1. The lowest BCUT2D eigenvalue weighted by Gasteiger charge is -2.25. The number of Topliss-reactive ketones (excluding diaryl/α,β-unsaturated/α-hetero) is 1. The fourth-order valence-corrected chi connectivity index (χ4v) is 4.26. The molecule has 1 heterocycles. The molecule has 0 bridgehead atoms. The predicted molar refractivity (Wildman–Crippen MR) is 131 cm³/mol. The lowest BCUT2D eigenvalue weighted by molar-refractivity contribution is -0.122. The molecular weight excluding hydrogens is 432 g/mol. The van der Waals surface area contributed by atoms with Gasteiger partial charge in [0, 0.05) is 31.0 Å². The third kappa shape index (κ3) is 8.06. The van der Waals surface area contributed by atoms with E-state index in [0.29, 0.717) is 24.8 Å². The molecule has 1 fully saturated rings. The van der Waals surface area contributed by atoms with Crippen LogP contribution in [0.5, 0.6) is 17.2 Å². The molecule has 1 aliphatic rings. The molecule has 7 nitrogen and oxygen atoms in total. The topological polar surface area (TPSA) is 99.1 Å². The van der Waals surface area contributed by atoms with E-state index in [0.717, 1.165) is 43.8 Å². The van der Waals surface area contributed by atoms with Crippen LogP contribution in [0.3, 0.4) is 0 Å².